The minimum Gasteiger partial charge on any atom is -0.444 e. The van der Waals surface area contributed by atoms with Gasteiger partial charge in [0, 0.05) is 31.7 Å². The number of urea groups is 1. The number of benzene rings is 1. The van der Waals surface area contributed by atoms with Crippen molar-refractivity contribution in [1.82, 2.24) is 15.1 Å². The van der Waals surface area contributed by atoms with Gasteiger partial charge >= 0.3 is 18.5 Å². The van der Waals surface area contributed by atoms with E-state index in [0.29, 0.717) is 19.6 Å². The number of halogens is 3. The van der Waals surface area contributed by atoms with Crippen LogP contribution in [0.15, 0.2) is 24.3 Å². The second kappa shape index (κ2) is 7.31. The first-order valence-electron chi connectivity index (χ1n) is 9.26. The summed E-state index contributed by atoms with van der Waals surface area (Å²) in [5.41, 5.74) is -0.787. The van der Waals surface area contributed by atoms with Crippen molar-refractivity contribution in [2.75, 3.05) is 19.6 Å². The lowest BCUT2D eigenvalue weighted by atomic mass is 9.78. The minimum atomic E-state index is -4.81. The molecule has 2 heterocycles. The maximum atomic E-state index is 12.5. The van der Waals surface area contributed by atoms with Crippen molar-refractivity contribution in [3.8, 4) is 5.75 Å². The first kappa shape index (κ1) is 21.1. The molecule has 0 radical (unpaired) electrons. The molecule has 1 aromatic rings. The predicted molar refractivity (Wildman–Crippen MR) is 97.2 cm³/mol. The van der Waals surface area contributed by atoms with E-state index in [0.717, 1.165) is 6.42 Å². The Morgan fingerprint density at radius 2 is 1.83 bits per heavy atom. The lowest BCUT2D eigenvalue weighted by molar-refractivity contribution is -0.274. The van der Waals surface area contributed by atoms with Crippen molar-refractivity contribution >= 4 is 12.1 Å². The molecule has 160 valence electrons. The monoisotopic (exact) mass is 415 g/mol. The molecule has 29 heavy (non-hydrogen) atoms. The maximum absolute atomic E-state index is 12.5. The van der Waals surface area contributed by atoms with Gasteiger partial charge in [-0.05, 0) is 33.3 Å². The molecule has 2 aliphatic heterocycles. The summed E-state index contributed by atoms with van der Waals surface area (Å²) in [4.78, 5) is 27.8. The van der Waals surface area contributed by atoms with Crippen molar-refractivity contribution < 1.29 is 32.2 Å². The fraction of sp³-hybridized carbons (Fsp3) is 0.579. The number of carbonyl (C=O) groups excluding carboxylic acids is 2. The van der Waals surface area contributed by atoms with E-state index in [1.54, 1.807) is 31.7 Å². The van der Waals surface area contributed by atoms with Gasteiger partial charge in [-0.2, -0.15) is 0 Å². The first-order chi connectivity index (χ1) is 13.4. The number of nitrogens with zero attached hydrogens (tertiary/aromatic N) is 2. The van der Waals surface area contributed by atoms with Crippen LogP contribution in [0.4, 0.5) is 22.8 Å². The van der Waals surface area contributed by atoms with Gasteiger partial charge in [0.25, 0.3) is 0 Å². The smallest absolute Gasteiger partial charge is 0.444 e. The third-order valence-electron chi connectivity index (χ3n) is 4.87. The van der Waals surface area contributed by atoms with E-state index in [1.807, 2.05) is 0 Å². The van der Waals surface area contributed by atoms with E-state index in [1.165, 1.54) is 23.1 Å². The van der Waals surface area contributed by atoms with Gasteiger partial charge in [0.1, 0.15) is 11.4 Å². The van der Waals surface area contributed by atoms with Crippen LogP contribution in [-0.2, 0) is 11.3 Å². The molecule has 0 saturated carbocycles. The molecule has 2 saturated heterocycles. The van der Waals surface area contributed by atoms with Crippen molar-refractivity contribution in [2.24, 2.45) is 0 Å². The highest BCUT2D eigenvalue weighted by molar-refractivity contribution is 5.77. The lowest BCUT2D eigenvalue weighted by Crippen LogP contribution is -2.79. The molecule has 2 fully saturated rings. The second-order valence-corrected chi connectivity index (χ2v) is 8.28. The summed E-state index contributed by atoms with van der Waals surface area (Å²) in [7, 11) is 0. The Bertz CT molecular complexity index is 786. The molecule has 1 spiro atoms. The molecule has 10 heteroatoms. The van der Waals surface area contributed by atoms with Crippen molar-refractivity contribution in [3.05, 3.63) is 29.8 Å². The molecule has 0 atom stereocenters. The third kappa shape index (κ3) is 4.86. The number of alkyl halides is 3. The number of hydrogen-bond acceptors (Lipinski definition) is 4. The van der Waals surface area contributed by atoms with Crippen LogP contribution in [-0.4, -0.2) is 59.1 Å². The number of para-hydroxylation sites is 1. The van der Waals surface area contributed by atoms with E-state index < -0.39 is 29.6 Å². The highest BCUT2D eigenvalue weighted by Crippen LogP contribution is 2.40. The third-order valence-corrected chi connectivity index (χ3v) is 4.87. The fourth-order valence-electron chi connectivity index (χ4n) is 3.44. The summed E-state index contributed by atoms with van der Waals surface area (Å²) < 4.78 is 46.8. The molecule has 0 bridgehead atoms. The van der Waals surface area contributed by atoms with Gasteiger partial charge in [0.05, 0.1) is 5.54 Å². The molecule has 0 unspecified atom stereocenters. The van der Waals surface area contributed by atoms with E-state index in [4.69, 9.17) is 4.74 Å². The molecule has 3 amide bonds. The van der Waals surface area contributed by atoms with Crippen LogP contribution in [0.3, 0.4) is 0 Å². The number of likely N-dealkylation sites (tertiary alicyclic amines) is 2. The lowest BCUT2D eigenvalue weighted by Gasteiger charge is -2.61. The van der Waals surface area contributed by atoms with Gasteiger partial charge < -0.3 is 19.7 Å². The number of carbonyl (C=O) groups is 2. The topological polar surface area (TPSA) is 71.1 Å². The Kier molecular flexibility index (Phi) is 5.31. The molecular weight excluding hydrogens is 391 g/mol. The normalized spacial score (nSPS) is 18.0. The highest BCUT2D eigenvalue weighted by atomic mass is 19.4. The van der Waals surface area contributed by atoms with Crippen LogP contribution < -0.4 is 10.1 Å². The molecule has 0 aliphatic carbocycles. The van der Waals surface area contributed by atoms with Crippen molar-refractivity contribution in [1.29, 1.82) is 0 Å². The minimum absolute atomic E-state index is 0.107. The van der Waals surface area contributed by atoms with Gasteiger partial charge in [0.15, 0.2) is 0 Å². The summed E-state index contributed by atoms with van der Waals surface area (Å²) in [5.74, 6) is -0.351. The Labute approximate surface area is 166 Å². The first-order valence-corrected chi connectivity index (χ1v) is 9.26. The standard InChI is InChI=1S/C19H24F3N3O4/c1-17(2,3)29-16(27)25-9-8-18(25)11-24(12-18)15(26)23-10-13-6-4-5-7-14(13)28-19(20,21)22/h4-7H,8-12H2,1-3H3,(H,23,26). The van der Waals surface area contributed by atoms with E-state index in [9.17, 15) is 22.8 Å². The number of hydrogen-bond donors (Lipinski definition) is 1. The summed E-state index contributed by atoms with van der Waals surface area (Å²) in [6.07, 6.45) is -4.43. The molecular formula is C19H24F3N3O4. The van der Waals surface area contributed by atoms with E-state index >= 15 is 0 Å². The van der Waals surface area contributed by atoms with E-state index in [2.05, 4.69) is 10.1 Å². The summed E-state index contributed by atoms with van der Waals surface area (Å²) in [5, 5.41) is 2.60. The number of nitrogens with one attached hydrogen (secondary N) is 1. The quantitative estimate of drug-likeness (QED) is 0.821. The van der Waals surface area contributed by atoms with Crippen LogP contribution in [0.1, 0.15) is 32.8 Å². The number of amides is 3. The Morgan fingerprint density at radius 3 is 2.38 bits per heavy atom. The van der Waals surface area contributed by atoms with Gasteiger partial charge in [0.2, 0.25) is 0 Å². The summed E-state index contributed by atoms with van der Waals surface area (Å²) in [6, 6.07) is 5.23. The Morgan fingerprint density at radius 1 is 1.17 bits per heavy atom. The SMILES string of the molecule is CC(C)(C)OC(=O)N1CCC12CN(C(=O)NCc1ccccc1OC(F)(F)F)C2. The Balaban J connectivity index is 1.52. The zero-order valence-electron chi connectivity index (χ0n) is 16.5. The van der Waals surface area contributed by atoms with Crippen LogP contribution >= 0.6 is 0 Å². The van der Waals surface area contributed by atoms with Crippen LogP contribution in [0, 0.1) is 0 Å². The maximum Gasteiger partial charge on any atom is 0.573 e. The zero-order chi connectivity index (χ0) is 21.4. The van der Waals surface area contributed by atoms with Crippen molar-refractivity contribution in [3.63, 3.8) is 0 Å². The summed E-state index contributed by atoms with van der Waals surface area (Å²) in [6.45, 7) is 6.56. The van der Waals surface area contributed by atoms with Crippen LogP contribution in [0.5, 0.6) is 5.75 Å². The molecule has 2 aliphatic rings. The molecule has 0 aromatic heterocycles. The van der Waals surface area contributed by atoms with Gasteiger partial charge in [-0.3, -0.25) is 4.90 Å². The van der Waals surface area contributed by atoms with Gasteiger partial charge in [-0.25, -0.2) is 9.59 Å². The van der Waals surface area contributed by atoms with Gasteiger partial charge in [-0.1, -0.05) is 18.2 Å². The van der Waals surface area contributed by atoms with Gasteiger partial charge in [-0.15, -0.1) is 13.2 Å². The fourth-order valence-corrected chi connectivity index (χ4v) is 3.44. The second-order valence-electron chi connectivity index (χ2n) is 8.28. The highest BCUT2D eigenvalue weighted by Gasteiger charge is 2.57. The summed E-state index contributed by atoms with van der Waals surface area (Å²) >= 11 is 0. The van der Waals surface area contributed by atoms with Crippen LogP contribution in [0.25, 0.3) is 0 Å². The number of rotatable bonds is 3. The van der Waals surface area contributed by atoms with Crippen LogP contribution in [0.2, 0.25) is 0 Å². The largest absolute Gasteiger partial charge is 0.573 e. The number of ether oxygens (including phenoxy) is 2. The molecule has 3 rings (SSSR count). The Hall–Kier alpha value is -2.65. The predicted octanol–water partition coefficient (Wildman–Crippen LogP) is 3.49. The van der Waals surface area contributed by atoms with E-state index in [-0.39, 0.29) is 17.9 Å². The molecule has 7 nitrogen and oxygen atoms in total. The average molecular weight is 415 g/mol. The molecule has 1 aromatic carbocycles. The zero-order valence-corrected chi connectivity index (χ0v) is 16.5. The van der Waals surface area contributed by atoms with Crippen molar-refractivity contribution in [2.45, 2.75) is 51.2 Å². The average Bonchev–Trinajstić information content (AvgIpc) is 2.48. The molecule has 1 N–H and O–H groups in total.